The number of aliphatic hydroxyl groups excluding tert-OH is 1. The molecule has 19 heavy (non-hydrogen) atoms. The zero-order chi connectivity index (χ0) is 13.6. The molecule has 0 saturated carbocycles. The molecule has 0 aromatic heterocycles. The molecule has 0 amide bonds. The predicted molar refractivity (Wildman–Crippen MR) is 71.2 cm³/mol. The lowest BCUT2D eigenvalue weighted by molar-refractivity contribution is 0.102. The van der Waals surface area contributed by atoms with Gasteiger partial charge in [0.2, 0.25) is 0 Å². The van der Waals surface area contributed by atoms with E-state index in [4.69, 9.17) is 0 Å². The van der Waals surface area contributed by atoms with Gasteiger partial charge >= 0.3 is 0 Å². The number of benzene rings is 1. The molecule has 0 heterocycles. The fourth-order valence-corrected chi connectivity index (χ4v) is 2.88. The number of ketones is 1. The molecular formula is C16H12O3. The van der Waals surface area contributed by atoms with E-state index in [1.807, 2.05) is 30.2 Å². The SMILES string of the molecule is CC1=CC2=C(C(=O)c3ccccc32)C(CO)C1=C=O. The first-order valence-corrected chi connectivity index (χ1v) is 6.11. The first kappa shape index (κ1) is 11.8. The van der Waals surface area contributed by atoms with Crippen molar-refractivity contribution in [3.63, 3.8) is 0 Å². The second-order valence-electron chi connectivity index (χ2n) is 4.78. The summed E-state index contributed by atoms with van der Waals surface area (Å²) in [6.07, 6.45) is 1.84. The van der Waals surface area contributed by atoms with E-state index in [1.165, 1.54) is 0 Å². The summed E-state index contributed by atoms with van der Waals surface area (Å²) in [5.74, 6) is 1.21. The normalized spacial score (nSPS) is 20.9. The summed E-state index contributed by atoms with van der Waals surface area (Å²) in [6.45, 7) is 1.55. The summed E-state index contributed by atoms with van der Waals surface area (Å²) in [4.78, 5) is 23.5. The monoisotopic (exact) mass is 252 g/mol. The predicted octanol–water partition coefficient (Wildman–Crippen LogP) is 1.96. The molecule has 1 aromatic carbocycles. The Morgan fingerprint density at radius 1 is 1.26 bits per heavy atom. The van der Waals surface area contributed by atoms with Crippen molar-refractivity contribution < 1.29 is 14.7 Å². The zero-order valence-electron chi connectivity index (χ0n) is 10.4. The van der Waals surface area contributed by atoms with Crippen LogP contribution in [-0.2, 0) is 4.79 Å². The second-order valence-corrected chi connectivity index (χ2v) is 4.78. The van der Waals surface area contributed by atoms with Crippen LogP contribution in [-0.4, -0.2) is 23.4 Å². The number of carbonyl (C=O) groups is 1. The molecule has 0 fully saturated rings. The maximum absolute atomic E-state index is 12.4. The van der Waals surface area contributed by atoms with Crippen molar-refractivity contribution in [2.45, 2.75) is 6.92 Å². The lowest BCUT2D eigenvalue weighted by atomic mass is 9.80. The van der Waals surface area contributed by atoms with Gasteiger partial charge in [-0.3, -0.25) is 4.79 Å². The molecule has 1 aromatic rings. The molecule has 2 aliphatic rings. The molecule has 0 spiro atoms. The van der Waals surface area contributed by atoms with Crippen LogP contribution in [0.25, 0.3) is 5.57 Å². The average Bonchev–Trinajstić information content (AvgIpc) is 2.71. The highest BCUT2D eigenvalue weighted by molar-refractivity contribution is 6.23. The van der Waals surface area contributed by atoms with E-state index in [0.717, 1.165) is 16.7 Å². The molecule has 1 N–H and O–H groups in total. The summed E-state index contributed by atoms with van der Waals surface area (Å²) >= 11 is 0. The Hall–Kier alpha value is -2.22. The van der Waals surface area contributed by atoms with Crippen molar-refractivity contribution in [3.8, 4) is 0 Å². The largest absolute Gasteiger partial charge is 0.395 e. The number of fused-ring (bicyclic) bond motifs is 2. The number of hydrogen-bond donors (Lipinski definition) is 1. The van der Waals surface area contributed by atoms with Gasteiger partial charge in [0, 0.05) is 22.6 Å². The third-order valence-corrected chi connectivity index (χ3v) is 3.77. The van der Waals surface area contributed by atoms with Gasteiger partial charge < -0.3 is 5.11 Å². The Morgan fingerprint density at radius 2 is 1.95 bits per heavy atom. The summed E-state index contributed by atoms with van der Waals surface area (Å²) < 4.78 is 0. The van der Waals surface area contributed by atoms with Gasteiger partial charge in [-0.05, 0) is 29.7 Å². The van der Waals surface area contributed by atoms with Crippen LogP contribution in [0.4, 0.5) is 0 Å². The lowest BCUT2D eigenvalue weighted by Gasteiger charge is -2.22. The van der Waals surface area contributed by atoms with E-state index in [2.05, 4.69) is 0 Å². The number of Topliss-reactive ketones (excluding diaryl/α,β-unsaturated/α-hetero) is 1. The zero-order valence-corrected chi connectivity index (χ0v) is 10.4. The summed E-state index contributed by atoms with van der Waals surface area (Å²) in [5, 5.41) is 9.54. The maximum atomic E-state index is 12.4. The molecule has 0 bridgehead atoms. The molecule has 1 atom stereocenters. The van der Waals surface area contributed by atoms with E-state index in [1.54, 1.807) is 13.0 Å². The first-order chi connectivity index (χ1) is 9.19. The second kappa shape index (κ2) is 4.16. The highest BCUT2D eigenvalue weighted by Crippen LogP contribution is 2.44. The van der Waals surface area contributed by atoms with Crippen LogP contribution in [0.15, 0.2) is 47.1 Å². The van der Waals surface area contributed by atoms with Gasteiger partial charge in [-0.15, -0.1) is 0 Å². The maximum Gasteiger partial charge on any atom is 0.190 e. The van der Waals surface area contributed by atoms with Gasteiger partial charge in [0.15, 0.2) is 5.78 Å². The van der Waals surface area contributed by atoms with Crippen molar-refractivity contribution in [1.29, 1.82) is 0 Å². The average molecular weight is 252 g/mol. The van der Waals surface area contributed by atoms with Crippen LogP contribution < -0.4 is 0 Å². The first-order valence-electron chi connectivity index (χ1n) is 6.11. The standard InChI is InChI=1S/C16H12O3/c1-9-6-12-10-4-2-3-5-11(10)16(19)15(12)14(8-18)13(9)7-17/h2-6,14,18H,8H2,1H3. The van der Waals surface area contributed by atoms with E-state index in [9.17, 15) is 14.7 Å². The topological polar surface area (TPSA) is 54.4 Å². The van der Waals surface area contributed by atoms with Crippen molar-refractivity contribution in [2.75, 3.05) is 6.61 Å². The minimum atomic E-state index is -0.558. The molecule has 94 valence electrons. The Bertz CT molecular complexity index is 700. The van der Waals surface area contributed by atoms with Crippen LogP contribution in [0, 0.1) is 5.92 Å². The quantitative estimate of drug-likeness (QED) is 0.777. The summed E-state index contributed by atoms with van der Waals surface area (Å²) in [6, 6.07) is 7.36. The number of hydrogen-bond acceptors (Lipinski definition) is 3. The van der Waals surface area contributed by atoms with Crippen molar-refractivity contribution >= 4 is 17.3 Å². The fourth-order valence-electron chi connectivity index (χ4n) is 2.88. The van der Waals surface area contributed by atoms with E-state index < -0.39 is 5.92 Å². The van der Waals surface area contributed by atoms with Gasteiger partial charge in [0.1, 0.15) is 5.94 Å². The Labute approximate surface area is 110 Å². The van der Waals surface area contributed by atoms with Gasteiger partial charge in [-0.1, -0.05) is 24.3 Å². The summed E-state index contributed by atoms with van der Waals surface area (Å²) in [5.41, 5.74) is 4.01. The Kier molecular flexibility index (Phi) is 2.59. The number of carbonyl (C=O) groups excluding carboxylic acids is 2. The van der Waals surface area contributed by atoms with Crippen LogP contribution >= 0.6 is 0 Å². The molecular weight excluding hydrogens is 240 g/mol. The van der Waals surface area contributed by atoms with E-state index >= 15 is 0 Å². The van der Waals surface area contributed by atoms with E-state index in [0.29, 0.717) is 16.7 Å². The Balaban J connectivity index is 2.29. The molecule has 2 aliphatic carbocycles. The summed E-state index contributed by atoms with van der Waals surface area (Å²) in [7, 11) is 0. The van der Waals surface area contributed by atoms with Gasteiger partial charge in [0.05, 0.1) is 6.61 Å². The fraction of sp³-hybridized carbons (Fsp3) is 0.188. The number of rotatable bonds is 1. The lowest BCUT2D eigenvalue weighted by Crippen LogP contribution is -2.20. The molecule has 0 radical (unpaired) electrons. The molecule has 0 saturated heterocycles. The minimum absolute atomic E-state index is 0.0962. The van der Waals surface area contributed by atoms with Crippen molar-refractivity contribution in [2.24, 2.45) is 5.92 Å². The molecule has 3 nitrogen and oxygen atoms in total. The van der Waals surface area contributed by atoms with Crippen LogP contribution in [0.3, 0.4) is 0 Å². The highest BCUT2D eigenvalue weighted by Gasteiger charge is 2.38. The minimum Gasteiger partial charge on any atom is -0.395 e. The highest BCUT2D eigenvalue weighted by atomic mass is 16.3. The molecule has 3 rings (SSSR count). The van der Waals surface area contributed by atoms with Gasteiger partial charge in [-0.2, -0.15) is 0 Å². The Morgan fingerprint density at radius 3 is 2.58 bits per heavy atom. The third-order valence-electron chi connectivity index (χ3n) is 3.77. The van der Waals surface area contributed by atoms with Gasteiger partial charge in [0.25, 0.3) is 0 Å². The van der Waals surface area contributed by atoms with Crippen molar-refractivity contribution in [3.05, 3.63) is 58.2 Å². The van der Waals surface area contributed by atoms with E-state index in [-0.39, 0.29) is 12.4 Å². The van der Waals surface area contributed by atoms with Crippen LogP contribution in [0.5, 0.6) is 0 Å². The van der Waals surface area contributed by atoms with Crippen molar-refractivity contribution in [1.82, 2.24) is 0 Å². The smallest absolute Gasteiger partial charge is 0.190 e. The van der Waals surface area contributed by atoms with Crippen LogP contribution in [0.1, 0.15) is 22.8 Å². The third kappa shape index (κ3) is 1.49. The molecule has 3 heteroatoms. The molecule has 1 unspecified atom stereocenters. The number of aliphatic hydroxyl groups is 1. The van der Waals surface area contributed by atoms with Gasteiger partial charge in [-0.25, -0.2) is 4.79 Å². The van der Waals surface area contributed by atoms with Crippen LogP contribution in [0.2, 0.25) is 0 Å². The number of allylic oxidation sites excluding steroid dienone is 3. The molecule has 0 aliphatic heterocycles.